The van der Waals surface area contributed by atoms with E-state index in [1.54, 1.807) is 6.92 Å². The summed E-state index contributed by atoms with van der Waals surface area (Å²) in [4.78, 5) is 0. The van der Waals surface area contributed by atoms with Crippen LogP contribution in [0.3, 0.4) is 0 Å². The molecular weight excluding hydrogens is 163 g/mol. The Morgan fingerprint density at radius 1 is 1.15 bits per heavy atom. The first-order valence-electron chi connectivity index (χ1n) is 5.44. The lowest BCUT2D eigenvalue weighted by molar-refractivity contribution is 0.0516. The summed E-state index contributed by atoms with van der Waals surface area (Å²) in [7, 11) is 0. The molecule has 0 saturated carbocycles. The van der Waals surface area contributed by atoms with Gasteiger partial charge in [-0.25, -0.2) is 4.39 Å². The van der Waals surface area contributed by atoms with Crippen LogP contribution in [-0.4, -0.2) is 5.67 Å². The van der Waals surface area contributed by atoms with E-state index in [0.717, 1.165) is 12.8 Å². The van der Waals surface area contributed by atoms with E-state index in [1.807, 2.05) is 6.92 Å². The minimum absolute atomic E-state index is 0.132. The summed E-state index contributed by atoms with van der Waals surface area (Å²) in [5.41, 5.74) is -0.874. The molecule has 0 N–H and O–H groups in total. The molecule has 0 fully saturated rings. The number of alkyl halides is 1. The summed E-state index contributed by atoms with van der Waals surface area (Å²) in [5.74, 6) is 0.165. The predicted octanol–water partition coefficient (Wildman–Crippen LogP) is 4.59. The van der Waals surface area contributed by atoms with E-state index in [2.05, 4.69) is 27.7 Å². The minimum atomic E-state index is -1.01. The second kappa shape index (κ2) is 4.43. The van der Waals surface area contributed by atoms with Gasteiger partial charge in [0, 0.05) is 0 Å². The molecular formula is C12H25F. The SMILES string of the molecule is CCC(C)C(C)(F)CC(C)(C)CC. The van der Waals surface area contributed by atoms with Gasteiger partial charge in [0.05, 0.1) is 0 Å². The van der Waals surface area contributed by atoms with Crippen molar-refractivity contribution < 1.29 is 4.39 Å². The maximum absolute atomic E-state index is 14.2. The molecule has 0 heterocycles. The Hall–Kier alpha value is -0.0700. The van der Waals surface area contributed by atoms with Crippen LogP contribution in [0.4, 0.5) is 4.39 Å². The van der Waals surface area contributed by atoms with Crippen LogP contribution in [-0.2, 0) is 0 Å². The first-order valence-corrected chi connectivity index (χ1v) is 5.44. The summed E-state index contributed by atoms with van der Waals surface area (Å²) >= 11 is 0. The number of halogens is 1. The molecule has 0 bridgehead atoms. The quantitative estimate of drug-likeness (QED) is 0.592. The van der Waals surface area contributed by atoms with E-state index in [4.69, 9.17) is 0 Å². The molecule has 0 aliphatic rings. The number of hydrogen-bond donors (Lipinski definition) is 0. The van der Waals surface area contributed by atoms with Crippen LogP contribution in [0.25, 0.3) is 0 Å². The van der Waals surface area contributed by atoms with Gasteiger partial charge in [-0.3, -0.25) is 0 Å². The molecule has 1 heteroatoms. The van der Waals surface area contributed by atoms with Crippen LogP contribution >= 0.6 is 0 Å². The lowest BCUT2D eigenvalue weighted by Crippen LogP contribution is -2.33. The molecule has 0 amide bonds. The Morgan fingerprint density at radius 2 is 1.62 bits per heavy atom. The summed E-state index contributed by atoms with van der Waals surface area (Å²) < 4.78 is 14.2. The topological polar surface area (TPSA) is 0 Å². The highest BCUT2D eigenvalue weighted by atomic mass is 19.1. The van der Waals surface area contributed by atoms with Crippen LogP contribution < -0.4 is 0 Å². The van der Waals surface area contributed by atoms with Crippen molar-refractivity contribution in [1.29, 1.82) is 0 Å². The van der Waals surface area contributed by atoms with Crippen LogP contribution in [0, 0.1) is 11.3 Å². The number of rotatable bonds is 5. The van der Waals surface area contributed by atoms with Gasteiger partial charge in [-0.15, -0.1) is 0 Å². The maximum atomic E-state index is 14.2. The molecule has 0 aromatic carbocycles. The minimum Gasteiger partial charge on any atom is -0.244 e. The maximum Gasteiger partial charge on any atom is 0.111 e. The van der Waals surface area contributed by atoms with Gasteiger partial charge >= 0.3 is 0 Å². The average molecular weight is 188 g/mol. The Balaban J connectivity index is 4.32. The third-order valence-corrected chi connectivity index (χ3v) is 3.42. The smallest absolute Gasteiger partial charge is 0.111 e. The Bertz CT molecular complexity index is 147. The van der Waals surface area contributed by atoms with Gasteiger partial charge in [0.1, 0.15) is 5.67 Å². The molecule has 0 aliphatic carbocycles. The highest BCUT2D eigenvalue weighted by molar-refractivity contribution is 4.85. The summed E-state index contributed by atoms with van der Waals surface area (Å²) in [6, 6.07) is 0. The molecule has 0 aromatic rings. The zero-order chi connectivity index (χ0) is 10.7. The summed E-state index contributed by atoms with van der Waals surface area (Å²) in [6.45, 7) is 12.2. The second-order valence-corrected chi connectivity index (χ2v) is 5.28. The van der Waals surface area contributed by atoms with Gasteiger partial charge in [-0.1, -0.05) is 47.5 Å². The molecule has 0 radical (unpaired) electrons. The lowest BCUT2D eigenvalue weighted by Gasteiger charge is -2.35. The van der Waals surface area contributed by atoms with E-state index in [1.165, 1.54) is 0 Å². The van der Waals surface area contributed by atoms with Gasteiger partial charge in [0.2, 0.25) is 0 Å². The normalized spacial score (nSPS) is 19.6. The molecule has 0 spiro atoms. The monoisotopic (exact) mass is 188 g/mol. The van der Waals surface area contributed by atoms with Gasteiger partial charge in [0.15, 0.2) is 0 Å². The van der Waals surface area contributed by atoms with Gasteiger partial charge in [-0.05, 0) is 24.7 Å². The van der Waals surface area contributed by atoms with Crippen LogP contribution in [0.5, 0.6) is 0 Å². The summed E-state index contributed by atoms with van der Waals surface area (Å²) in [6.07, 6.45) is 2.64. The van der Waals surface area contributed by atoms with E-state index in [0.29, 0.717) is 6.42 Å². The van der Waals surface area contributed by atoms with Crippen molar-refractivity contribution in [2.24, 2.45) is 11.3 Å². The second-order valence-electron chi connectivity index (χ2n) is 5.28. The van der Waals surface area contributed by atoms with Crippen molar-refractivity contribution in [1.82, 2.24) is 0 Å². The molecule has 2 atom stereocenters. The van der Waals surface area contributed by atoms with E-state index >= 15 is 0 Å². The van der Waals surface area contributed by atoms with Crippen LogP contribution in [0.1, 0.15) is 60.8 Å². The first kappa shape index (κ1) is 12.9. The fourth-order valence-corrected chi connectivity index (χ4v) is 1.66. The van der Waals surface area contributed by atoms with Crippen molar-refractivity contribution in [2.45, 2.75) is 66.5 Å². The largest absolute Gasteiger partial charge is 0.244 e. The van der Waals surface area contributed by atoms with Crippen LogP contribution in [0.2, 0.25) is 0 Å². The molecule has 0 saturated heterocycles. The first-order chi connectivity index (χ1) is 5.75. The van der Waals surface area contributed by atoms with E-state index in [-0.39, 0.29) is 11.3 Å². The molecule has 0 nitrogen and oxygen atoms in total. The highest BCUT2D eigenvalue weighted by Crippen LogP contribution is 2.38. The third kappa shape index (κ3) is 4.10. The standard InChI is InChI=1S/C12H25F/c1-7-10(3)12(6,13)9-11(4,5)8-2/h10H,7-9H2,1-6H3. The van der Waals surface area contributed by atoms with Crippen molar-refractivity contribution >= 4 is 0 Å². The molecule has 80 valence electrons. The predicted molar refractivity (Wildman–Crippen MR) is 57.7 cm³/mol. The van der Waals surface area contributed by atoms with Crippen LogP contribution in [0.15, 0.2) is 0 Å². The Kier molecular flexibility index (Phi) is 4.41. The Morgan fingerprint density at radius 3 is 1.92 bits per heavy atom. The molecule has 0 rings (SSSR count). The fourth-order valence-electron chi connectivity index (χ4n) is 1.66. The van der Waals surface area contributed by atoms with Crippen molar-refractivity contribution in [3.63, 3.8) is 0 Å². The molecule has 0 aromatic heterocycles. The van der Waals surface area contributed by atoms with Gasteiger partial charge in [-0.2, -0.15) is 0 Å². The van der Waals surface area contributed by atoms with Crippen molar-refractivity contribution in [3.8, 4) is 0 Å². The number of hydrogen-bond acceptors (Lipinski definition) is 0. The molecule has 13 heavy (non-hydrogen) atoms. The average Bonchev–Trinajstić information content (AvgIpc) is 2.01. The fraction of sp³-hybridized carbons (Fsp3) is 1.00. The Labute approximate surface area is 82.9 Å². The third-order valence-electron chi connectivity index (χ3n) is 3.42. The summed E-state index contributed by atoms with van der Waals surface area (Å²) in [5, 5.41) is 0. The van der Waals surface area contributed by atoms with E-state index in [9.17, 15) is 4.39 Å². The van der Waals surface area contributed by atoms with Crippen molar-refractivity contribution in [3.05, 3.63) is 0 Å². The molecule has 2 unspecified atom stereocenters. The lowest BCUT2D eigenvalue weighted by atomic mass is 9.75. The molecule has 0 aliphatic heterocycles. The highest BCUT2D eigenvalue weighted by Gasteiger charge is 2.35. The van der Waals surface area contributed by atoms with Gasteiger partial charge < -0.3 is 0 Å². The van der Waals surface area contributed by atoms with Gasteiger partial charge in [0.25, 0.3) is 0 Å². The van der Waals surface area contributed by atoms with E-state index < -0.39 is 5.67 Å². The van der Waals surface area contributed by atoms with Crippen molar-refractivity contribution in [2.75, 3.05) is 0 Å². The zero-order valence-corrected chi connectivity index (χ0v) is 10.1. The zero-order valence-electron chi connectivity index (χ0n) is 10.1.